The Morgan fingerprint density at radius 3 is 2.68 bits per heavy atom. The van der Waals surface area contributed by atoms with Gasteiger partial charge in [-0.05, 0) is 22.3 Å². The number of non-ortho nitro benzene ring substituents is 1. The zero-order valence-corrected chi connectivity index (χ0v) is 10.7. The van der Waals surface area contributed by atoms with E-state index in [1.165, 1.54) is 6.07 Å². The van der Waals surface area contributed by atoms with Crippen LogP contribution in [0.2, 0.25) is 0 Å². The van der Waals surface area contributed by atoms with E-state index in [0.717, 1.165) is 0 Å². The fraction of sp³-hybridized carbons (Fsp3) is 0.455. The summed E-state index contributed by atoms with van der Waals surface area (Å²) < 4.78 is 4.60. The number of hydrogen-bond acceptors (Lipinski definition) is 7. The fourth-order valence-electron chi connectivity index (χ4n) is 1.81. The zero-order chi connectivity index (χ0) is 14.0. The van der Waals surface area contributed by atoms with Crippen molar-refractivity contribution in [3.8, 4) is 0 Å². The van der Waals surface area contributed by atoms with E-state index in [4.69, 9.17) is 5.73 Å². The summed E-state index contributed by atoms with van der Waals surface area (Å²) in [6, 6.07) is 3.01. The molecule has 0 aliphatic heterocycles. The molecule has 0 radical (unpaired) electrons. The lowest BCUT2D eigenvalue weighted by molar-refractivity contribution is -0.383. The molecule has 8 nitrogen and oxygen atoms in total. The highest BCUT2D eigenvalue weighted by molar-refractivity contribution is 5.93. The molecule has 1 aromatic carbocycles. The van der Waals surface area contributed by atoms with Crippen LogP contribution in [0.5, 0.6) is 0 Å². The van der Waals surface area contributed by atoms with Gasteiger partial charge in [0.15, 0.2) is 5.52 Å². The summed E-state index contributed by atoms with van der Waals surface area (Å²) in [5.41, 5.74) is 6.67. The van der Waals surface area contributed by atoms with Gasteiger partial charge in [-0.15, -0.1) is 0 Å². The summed E-state index contributed by atoms with van der Waals surface area (Å²) in [5.74, 6) is 0.315. The van der Waals surface area contributed by atoms with Crippen LogP contribution in [0, 0.1) is 16.0 Å². The molecule has 0 fully saturated rings. The highest BCUT2D eigenvalue weighted by Gasteiger charge is 2.21. The Morgan fingerprint density at radius 2 is 2.11 bits per heavy atom. The molecule has 1 atom stereocenters. The van der Waals surface area contributed by atoms with Crippen molar-refractivity contribution in [1.29, 1.82) is 0 Å². The topological polar surface area (TPSA) is 120 Å². The smallest absolute Gasteiger partial charge is 0.300 e. The molecule has 1 unspecified atom stereocenters. The Labute approximate surface area is 109 Å². The van der Waals surface area contributed by atoms with Crippen molar-refractivity contribution >= 4 is 22.4 Å². The molecule has 0 saturated heterocycles. The SMILES string of the molecule is CC(C)C(CN)Nc1ccc([N+](=O)[O-])c2nonc12. The van der Waals surface area contributed by atoms with Crippen LogP contribution < -0.4 is 11.1 Å². The third kappa shape index (κ3) is 2.48. The van der Waals surface area contributed by atoms with Gasteiger partial charge in [0.25, 0.3) is 0 Å². The third-order valence-corrected chi connectivity index (χ3v) is 2.99. The first kappa shape index (κ1) is 13.2. The van der Waals surface area contributed by atoms with Gasteiger partial charge in [-0.1, -0.05) is 13.8 Å². The van der Waals surface area contributed by atoms with E-state index < -0.39 is 4.92 Å². The Bertz CT molecular complexity index is 595. The van der Waals surface area contributed by atoms with Crippen LogP contribution in [0.15, 0.2) is 16.8 Å². The number of fused-ring (bicyclic) bond motifs is 1. The largest absolute Gasteiger partial charge is 0.379 e. The molecule has 2 aromatic rings. The third-order valence-electron chi connectivity index (χ3n) is 2.99. The number of nitro benzene ring substituents is 1. The molecule has 0 amide bonds. The number of benzene rings is 1. The van der Waals surface area contributed by atoms with Gasteiger partial charge in [0.05, 0.1) is 10.6 Å². The Balaban J connectivity index is 2.43. The van der Waals surface area contributed by atoms with Crippen LogP contribution in [0.3, 0.4) is 0 Å². The van der Waals surface area contributed by atoms with E-state index >= 15 is 0 Å². The van der Waals surface area contributed by atoms with Gasteiger partial charge in [-0.2, -0.15) is 0 Å². The number of nitro groups is 1. The lowest BCUT2D eigenvalue weighted by Gasteiger charge is -2.21. The second kappa shape index (κ2) is 5.19. The van der Waals surface area contributed by atoms with Crippen molar-refractivity contribution in [2.24, 2.45) is 11.7 Å². The van der Waals surface area contributed by atoms with Crippen molar-refractivity contribution < 1.29 is 9.55 Å². The molecule has 102 valence electrons. The maximum atomic E-state index is 10.9. The van der Waals surface area contributed by atoms with E-state index in [1.807, 2.05) is 13.8 Å². The molecule has 0 aliphatic rings. The van der Waals surface area contributed by atoms with E-state index in [1.54, 1.807) is 6.07 Å². The summed E-state index contributed by atoms with van der Waals surface area (Å²) in [6.07, 6.45) is 0. The van der Waals surface area contributed by atoms with Crippen LogP contribution in [0.25, 0.3) is 11.0 Å². The lowest BCUT2D eigenvalue weighted by atomic mass is 10.0. The highest BCUT2D eigenvalue weighted by Crippen LogP contribution is 2.29. The standard InChI is InChI=1S/C11H15N5O3/c1-6(2)8(5-12)13-7-3-4-9(16(17)18)11-10(7)14-19-15-11/h3-4,6,8,13H,5,12H2,1-2H3. The molecule has 0 saturated carbocycles. The van der Waals surface area contributed by atoms with E-state index in [-0.39, 0.29) is 17.2 Å². The van der Waals surface area contributed by atoms with E-state index in [9.17, 15) is 10.1 Å². The van der Waals surface area contributed by atoms with Gasteiger partial charge in [-0.3, -0.25) is 10.1 Å². The number of hydrogen-bond donors (Lipinski definition) is 2. The summed E-state index contributed by atoms with van der Waals surface area (Å²) >= 11 is 0. The minimum Gasteiger partial charge on any atom is -0.379 e. The second-order valence-corrected chi connectivity index (χ2v) is 4.58. The predicted octanol–water partition coefficient (Wildman–Crippen LogP) is 1.53. The number of rotatable bonds is 5. The molecule has 0 aliphatic carbocycles. The molecule has 2 rings (SSSR count). The normalized spacial score (nSPS) is 12.8. The van der Waals surface area contributed by atoms with Crippen molar-refractivity contribution in [3.63, 3.8) is 0 Å². The van der Waals surface area contributed by atoms with Crippen LogP contribution in [0.1, 0.15) is 13.8 Å². The zero-order valence-electron chi connectivity index (χ0n) is 10.7. The number of nitrogens with one attached hydrogen (secondary N) is 1. The Morgan fingerprint density at radius 1 is 1.42 bits per heavy atom. The highest BCUT2D eigenvalue weighted by atomic mass is 16.6. The van der Waals surface area contributed by atoms with Gasteiger partial charge in [0.2, 0.25) is 5.52 Å². The van der Waals surface area contributed by atoms with Crippen LogP contribution in [-0.2, 0) is 0 Å². The molecule has 0 bridgehead atoms. The molecule has 3 N–H and O–H groups in total. The molecule has 8 heteroatoms. The van der Waals surface area contributed by atoms with Crippen LogP contribution in [-0.4, -0.2) is 27.8 Å². The van der Waals surface area contributed by atoms with Gasteiger partial charge in [0, 0.05) is 18.7 Å². The first-order chi connectivity index (χ1) is 9.04. The van der Waals surface area contributed by atoms with Gasteiger partial charge in [0.1, 0.15) is 0 Å². The van der Waals surface area contributed by atoms with Gasteiger partial charge < -0.3 is 11.1 Å². The molecule has 0 spiro atoms. The number of anilines is 1. The number of nitrogens with zero attached hydrogens (tertiary/aromatic N) is 3. The molecule has 19 heavy (non-hydrogen) atoms. The summed E-state index contributed by atoms with van der Waals surface area (Å²) in [6.45, 7) is 4.52. The predicted molar refractivity (Wildman–Crippen MR) is 69.8 cm³/mol. The average Bonchev–Trinajstić information content (AvgIpc) is 2.84. The monoisotopic (exact) mass is 265 g/mol. The maximum absolute atomic E-state index is 10.9. The molecule has 1 heterocycles. The molecular weight excluding hydrogens is 250 g/mol. The quantitative estimate of drug-likeness (QED) is 0.621. The molecule has 1 aromatic heterocycles. The number of nitrogens with two attached hydrogens (primary N) is 1. The lowest BCUT2D eigenvalue weighted by Crippen LogP contribution is -2.33. The first-order valence-electron chi connectivity index (χ1n) is 5.91. The van der Waals surface area contributed by atoms with E-state index in [0.29, 0.717) is 23.7 Å². The minimum atomic E-state index is -0.515. The minimum absolute atomic E-state index is 0.0429. The summed E-state index contributed by atoms with van der Waals surface area (Å²) in [5, 5.41) is 21.4. The number of aromatic nitrogens is 2. The first-order valence-corrected chi connectivity index (χ1v) is 5.91. The summed E-state index contributed by atoms with van der Waals surface area (Å²) in [7, 11) is 0. The Hall–Kier alpha value is -2.22. The fourth-order valence-corrected chi connectivity index (χ4v) is 1.81. The Kier molecular flexibility index (Phi) is 3.61. The van der Waals surface area contributed by atoms with Gasteiger partial charge in [-0.25, -0.2) is 4.63 Å². The van der Waals surface area contributed by atoms with Crippen molar-refractivity contribution in [2.45, 2.75) is 19.9 Å². The van der Waals surface area contributed by atoms with Gasteiger partial charge >= 0.3 is 5.69 Å². The summed E-state index contributed by atoms with van der Waals surface area (Å²) in [4.78, 5) is 10.4. The maximum Gasteiger partial charge on any atom is 0.300 e. The van der Waals surface area contributed by atoms with Crippen LogP contribution >= 0.6 is 0 Å². The van der Waals surface area contributed by atoms with Crippen molar-refractivity contribution in [1.82, 2.24) is 10.3 Å². The van der Waals surface area contributed by atoms with E-state index in [2.05, 4.69) is 20.3 Å². The average molecular weight is 265 g/mol. The second-order valence-electron chi connectivity index (χ2n) is 4.58. The van der Waals surface area contributed by atoms with Crippen LogP contribution in [0.4, 0.5) is 11.4 Å². The van der Waals surface area contributed by atoms with Crippen molar-refractivity contribution in [3.05, 3.63) is 22.2 Å². The molecular formula is C11H15N5O3. The van der Waals surface area contributed by atoms with Crippen molar-refractivity contribution in [2.75, 3.05) is 11.9 Å².